The van der Waals surface area contributed by atoms with Crippen LogP contribution in [0.3, 0.4) is 0 Å². The minimum Gasteiger partial charge on any atom is -0.444 e. The average Bonchev–Trinajstić information content (AvgIpc) is 2.35. The molecule has 0 aromatic heterocycles. The van der Waals surface area contributed by atoms with Gasteiger partial charge in [-0.05, 0) is 40.5 Å². The van der Waals surface area contributed by atoms with E-state index in [4.69, 9.17) is 9.57 Å². The summed E-state index contributed by atoms with van der Waals surface area (Å²) in [7, 11) is 3.04. The second-order valence-electron chi connectivity index (χ2n) is 6.18. The van der Waals surface area contributed by atoms with E-state index in [9.17, 15) is 9.59 Å². The normalized spacial score (nSPS) is 23.4. The van der Waals surface area contributed by atoms with Crippen molar-refractivity contribution < 1.29 is 19.2 Å². The average molecular weight is 286 g/mol. The highest BCUT2D eigenvalue weighted by Crippen LogP contribution is 2.26. The molecule has 20 heavy (non-hydrogen) atoms. The van der Waals surface area contributed by atoms with Crippen molar-refractivity contribution in [3.8, 4) is 0 Å². The number of ether oxygens (including phenoxy) is 1. The predicted molar refractivity (Wildman–Crippen MR) is 74.9 cm³/mol. The van der Waals surface area contributed by atoms with E-state index < -0.39 is 5.60 Å². The van der Waals surface area contributed by atoms with E-state index in [1.807, 2.05) is 27.7 Å². The number of hydroxylamine groups is 2. The van der Waals surface area contributed by atoms with E-state index in [-0.39, 0.29) is 24.0 Å². The fourth-order valence-electron chi connectivity index (χ4n) is 2.38. The fraction of sp³-hybridized carbons (Fsp3) is 0.857. The quantitative estimate of drug-likeness (QED) is 0.729. The van der Waals surface area contributed by atoms with Gasteiger partial charge in [0.1, 0.15) is 5.60 Å². The maximum absolute atomic E-state index is 12.2. The number of hydrogen-bond acceptors (Lipinski definition) is 4. The molecule has 0 radical (unpaired) electrons. The van der Waals surface area contributed by atoms with Crippen molar-refractivity contribution in [2.45, 2.75) is 52.2 Å². The molecule has 6 heteroatoms. The Morgan fingerprint density at radius 3 is 2.40 bits per heavy atom. The molecule has 2 amide bonds. The van der Waals surface area contributed by atoms with E-state index in [2.05, 4.69) is 0 Å². The van der Waals surface area contributed by atoms with Gasteiger partial charge in [-0.2, -0.15) is 0 Å². The summed E-state index contributed by atoms with van der Waals surface area (Å²) in [6, 6.07) is -0.191. The zero-order valence-corrected chi connectivity index (χ0v) is 13.3. The minimum atomic E-state index is -0.531. The Labute approximate surface area is 121 Å². The summed E-state index contributed by atoms with van der Waals surface area (Å²) in [5.41, 5.74) is -0.531. The standard InChI is InChI=1S/C14H26N2O4/c1-10-11(12(17)15(5)19-6)8-7-9-16(10)13(18)20-14(2,3)4/h10-11H,7-9H2,1-6H3/t10-,11-/m1/s1. The third-order valence-corrected chi connectivity index (χ3v) is 3.52. The maximum Gasteiger partial charge on any atom is 0.410 e. The molecule has 1 heterocycles. The lowest BCUT2D eigenvalue weighted by atomic mass is 9.89. The number of carbonyl (C=O) groups excluding carboxylic acids is 2. The van der Waals surface area contributed by atoms with Gasteiger partial charge < -0.3 is 9.64 Å². The Morgan fingerprint density at radius 1 is 1.30 bits per heavy atom. The zero-order chi connectivity index (χ0) is 15.5. The number of hydrogen-bond donors (Lipinski definition) is 0. The molecular formula is C14H26N2O4. The lowest BCUT2D eigenvalue weighted by Gasteiger charge is -2.39. The topological polar surface area (TPSA) is 59.1 Å². The van der Waals surface area contributed by atoms with Crippen LogP contribution in [0, 0.1) is 5.92 Å². The number of likely N-dealkylation sites (tertiary alicyclic amines) is 1. The first-order valence-corrected chi connectivity index (χ1v) is 6.98. The van der Waals surface area contributed by atoms with Crippen molar-refractivity contribution in [2.75, 3.05) is 20.7 Å². The zero-order valence-electron chi connectivity index (χ0n) is 13.3. The Balaban J connectivity index is 2.76. The first-order chi connectivity index (χ1) is 9.17. The van der Waals surface area contributed by atoms with Gasteiger partial charge in [-0.25, -0.2) is 9.86 Å². The number of piperidine rings is 1. The molecular weight excluding hydrogens is 260 g/mol. The van der Waals surface area contributed by atoms with Gasteiger partial charge in [0.05, 0.1) is 13.0 Å². The Morgan fingerprint density at radius 2 is 1.90 bits per heavy atom. The van der Waals surface area contributed by atoms with Crippen molar-refractivity contribution in [1.29, 1.82) is 0 Å². The molecule has 0 aliphatic carbocycles. The predicted octanol–water partition coefficient (Wildman–Crippen LogP) is 2.04. The van der Waals surface area contributed by atoms with Gasteiger partial charge in [0.25, 0.3) is 5.91 Å². The molecule has 0 bridgehead atoms. The third kappa shape index (κ3) is 4.10. The first kappa shape index (κ1) is 16.8. The van der Waals surface area contributed by atoms with Crippen LogP contribution in [-0.4, -0.2) is 54.3 Å². The second kappa shape index (κ2) is 6.43. The monoisotopic (exact) mass is 286 g/mol. The van der Waals surface area contributed by atoms with Crippen LogP contribution in [-0.2, 0) is 14.4 Å². The molecule has 116 valence electrons. The molecule has 0 N–H and O–H groups in total. The maximum atomic E-state index is 12.2. The van der Waals surface area contributed by atoms with Crippen LogP contribution in [0.1, 0.15) is 40.5 Å². The molecule has 6 nitrogen and oxygen atoms in total. The summed E-state index contributed by atoms with van der Waals surface area (Å²) in [5.74, 6) is -0.352. The number of amides is 2. The first-order valence-electron chi connectivity index (χ1n) is 6.98. The highest BCUT2D eigenvalue weighted by atomic mass is 16.7. The molecule has 1 rings (SSSR count). The van der Waals surface area contributed by atoms with Crippen LogP contribution >= 0.6 is 0 Å². The molecule has 1 aliphatic rings. The van der Waals surface area contributed by atoms with Crippen LogP contribution in [0.2, 0.25) is 0 Å². The van der Waals surface area contributed by atoms with Crippen molar-refractivity contribution in [3.63, 3.8) is 0 Å². The summed E-state index contributed by atoms with van der Waals surface area (Å²) in [6.07, 6.45) is 1.19. The Bertz CT molecular complexity index is 365. The molecule has 0 unspecified atom stereocenters. The van der Waals surface area contributed by atoms with Gasteiger partial charge in [-0.3, -0.25) is 9.63 Å². The largest absolute Gasteiger partial charge is 0.444 e. The molecule has 2 atom stereocenters. The molecule has 1 saturated heterocycles. The van der Waals surface area contributed by atoms with Crippen molar-refractivity contribution in [2.24, 2.45) is 5.92 Å². The van der Waals surface area contributed by atoms with E-state index in [1.54, 1.807) is 11.9 Å². The summed E-state index contributed by atoms with van der Waals surface area (Å²) in [6.45, 7) is 8.01. The van der Waals surface area contributed by atoms with Crippen LogP contribution in [0.15, 0.2) is 0 Å². The minimum absolute atomic E-state index is 0.103. The van der Waals surface area contributed by atoms with Crippen LogP contribution in [0.25, 0.3) is 0 Å². The van der Waals surface area contributed by atoms with Crippen LogP contribution in [0.4, 0.5) is 4.79 Å². The smallest absolute Gasteiger partial charge is 0.410 e. The third-order valence-electron chi connectivity index (χ3n) is 3.52. The summed E-state index contributed by atoms with van der Waals surface area (Å²) < 4.78 is 5.39. The summed E-state index contributed by atoms with van der Waals surface area (Å²) >= 11 is 0. The molecule has 0 saturated carbocycles. The van der Waals surface area contributed by atoms with Crippen molar-refractivity contribution in [1.82, 2.24) is 9.96 Å². The van der Waals surface area contributed by atoms with Crippen molar-refractivity contribution in [3.05, 3.63) is 0 Å². The lowest BCUT2D eigenvalue weighted by Crippen LogP contribution is -2.52. The molecule has 0 aromatic rings. The van der Waals surface area contributed by atoms with E-state index in [0.717, 1.165) is 12.8 Å². The number of rotatable bonds is 2. The second-order valence-corrected chi connectivity index (χ2v) is 6.18. The lowest BCUT2D eigenvalue weighted by molar-refractivity contribution is -0.176. The Kier molecular flexibility index (Phi) is 5.39. The molecule has 0 spiro atoms. The SMILES string of the molecule is CON(C)C(=O)[C@@H]1CCCN(C(=O)OC(C)(C)C)[C@@H]1C. The van der Waals surface area contributed by atoms with E-state index in [1.165, 1.54) is 12.2 Å². The van der Waals surface area contributed by atoms with Gasteiger partial charge in [-0.1, -0.05) is 0 Å². The van der Waals surface area contributed by atoms with Gasteiger partial charge >= 0.3 is 6.09 Å². The molecule has 1 aliphatic heterocycles. The summed E-state index contributed by atoms with van der Waals surface area (Å²) in [4.78, 5) is 31.0. The van der Waals surface area contributed by atoms with Gasteiger partial charge in [0, 0.05) is 19.6 Å². The molecule has 1 fully saturated rings. The van der Waals surface area contributed by atoms with E-state index >= 15 is 0 Å². The van der Waals surface area contributed by atoms with Gasteiger partial charge in [0.2, 0.25) is 0 Å². The van der Waals surface area contributed by atoms with E-state index in [0.29, 0.717) is 6.54 Å². The Hall–Kier alpha value is -1.30. The number of nitrogens with zero attached hydrogens (tertiary/aromatic N) is 2. The van der Waals surface area contributed by atoms with Crippen LogP contribution < -0.4 is 0 Å². The van der Waals surface area contributed by atoms with Gasteiger partial charge in [-0.15, -0.1) is 0 Å². The van der Waals surface area contributed by atoms with Crippen molar-refractivity contribution >= 4 is 12.0 Å². The summed E-state index contributed by atoms with van der Waals surface area (Å²) in [5, 5.41) is 1.22. The fourth-order valence-corrected chi connectivity index (χ4v) is 2.38. The number of carbonyl (C=O) groups is 2. The highest BCUT2D eigenvalue weighted by molar-refractivity contribution is 5.79. The van der Waals surface area contributed by atoms with Crippen LogP contribution in [0.5, 0.6) is 0 Å². The highest BCUT2D eigenvalue weighted by Gasteiger charge is 2.38. The molecule has 0 aromatic carbocycles. The van der Waals surface area contributed by atoms with Gasteiger partial charge in [0.15, 0.2) is 0 Å².